The van der Waals surface area contributed by atoms with Gasteiger partial charge in [0.1, 0.15) is 41.4 Å². The van der Waals surface area contributed by atoms with Crippen LogP contribution in [0.3, 0.4) is 0 Å². The highest BCUT2D eigenvalue weighted by molar-refractivity contribution is 6.03. The molecule has 0 radical (unpaired) electrons. The molecule has 8 rings (SSSR count). The minimum atomic E-state index is -1.62. The van der Waals surface area contributed by atoms with Crippen LogP contribution in [0.5, 0.6) is 28.7 Å². The first-order valence-corrected chi connectivity index (χ1v) is 23.9. The van der Waals surface area contributed by atoms with Crippen molar-refractivity contribution >= 4 is 34.6 Å². The predicted octanol–water partition coefficient (Wildman–Crippen LogP) is 10.7. The summed E-state index contributed by atoms with van der Waals surface area (Å²) in [5, 5.41) is 38.4. The summed E-state index contributed by atoms with van der Waals surface area (Å²) in [5.74, 6) is -0.772. The van der Waals surface area contributed by atoms with Crippen molar-refractivity contribution in [2.45, 2.75) is 76.2 Å². The Morgan fingerprint density at radius 2 is 1.67 bits per heavy atom. The molecule has 0 aromatic heterocycles. The lowest BCUT2D eigenvalue weighted by molar-refractivity contribution is -0.384. The van der Waals surface area contributed by atoms with Crippen LogP contribution in [0, 0.1) is 27.9 Å². The Labute approximate surface area is 407 Å². The van der Waals surface area contributed by atoms with Crippen LogP contribution in [0.1, 0.15) is 79.3 Å². The predicted molar refractivity (Wildman–Crippen MR) is 264 cm³/mol. The Morgan fingerprint density at radius 3 is 2.40 bits per heavy atom. The lowest BCUT2D eigenvalue weighted by Gasteiger charge is -2.59. The van der Waals surface area contributed by atoms with E-state index in [0.717, 1.165) is 46.7 Å². The van der Waals surface area contributed by atoms with Gasteiger partial charge in [0.05, 0.1) is 42.4 Å². The molecule has 15 heteroatoms. The van der Waals surface area contributed by atoms with Crippen molar-refractivity contribution < 1.29 is 53.2 Å². The Kier molecular flexibility index (Phi) is 15.9. The fraction of sp³-hybridized carbons (Fsp3) is 0.364. The molecule has 0 bridgehead atoms. The number of non-ortho nitro benzene ring substituents is 1. The molecule has 1 fully saturated rings. The number of oxime groups is 1. The summed E-state index contributed by atoms with van der Waals surface area (Å²) in [6.07, 6.45) is 8.13. The van der Waals surface area contributed by atoms with Crippen LogP contribution >= 0.6 is 0 Å². The number of allylic oxidation sites excluding steroid dienone is 1. The average molecular weight is 954 g/mol. The number of benzene rings is 5. The van der Waals surface area contributed by atoms with Crippen molar-refractivity contribution in [3.63, 3.8) is 0 Å². The Balaban J connectivity index is 1.35. The van der Waals surface area contributed by atoms with Crippen molar-refractivity contribution in [3.8, 4) is 28.7 Å². The molecule has 6 atom stereocenters. The van der Waals surface area contributed by atoms with Gasteiger partial charge in [-0.15, -0.1) is 6.58 Å². The van der Waals surface area contributed by atoms with Crippen molar-refractivity contribution in [2.75, 3.05) is 33.5 Å². The largest absolute Gasteiger partial charge is 0.496 e. The Morgan fingerprint density at radius 1 is 0.943 bits per heavy atom. The summed E-state index contributed by atoms with van der Waals surface area (Å²) in [6, 6.07) is 28.9. The number of hydrogen-bond acceptors (Lipinski definition) is 13. The zero-order valence-corrected chi connectivity index (χ0v) is 39.4. The molecule has 2 N–H and O–H groups in total. The van der Waals surface area contributed by atoms with Gasteiger partial charge < -0.3 is 38.7 Å². The summed E-state index contributed by atoms with van der Waals surface area (Å²) < 4.78 is 32.6. The first kappa shape index (κ1) is 49.4. The van der Waals surface area contributed by atoms with Gasteiger partial charge in [0.2, 0.25) is 5.79 Å². The summed E-state index contributed by atoms with van der Waals surface area (Å²) >= 11 is 0. The highest BCUT2D eigenvalue weighted by atomic mass is 16.7. The smallest absolute Gasteiger partial charge is 0.416 e. The fourth-order valence-corrected chi connectivity index (χ4v) is 10.6. The topological polar surface area (TPSA) is 189 Å². The number of carbonyl (C=O) groups is 2. The summed E-state index contributed by atoms with van der Waals surface area (Å²) in [4.78, 5) is 45.9. The number of aliphatic hydroxyl groups excluding tert-OH is 2. The van der Waals surface area contributed by atoms with Crippen LogP contribution in [0.15, 0.2) is 133 Å². The molecule has 15 nitrogen and oxygen atoms in total. The number of aliphatic hydroxyl groups is 2. The third-order valence-corrected chi connectivity index (χ3v) is 13.6. The fourth-order valence-electron chi connectivity index (χ4n) is 10.6. The number of methoxy groups -OCH3 is 1. The number of nitrogens with zero attached hydrogens (tertiary/aromatic N) is 3. The first-order chi connectivity index (χ1) is 34.2. The monoisotopic (exact) mass is 953 g/mol. The molecule has 1 aliphatic heterocycles. The van der Waals surface area contributed by atoms with Gasteiger partial charge in [0.25, 0.3) is 5.69 Å². The molecule has 1 saturated carbocycles. The van der Waals surface area contributed by atoms with E-state index in [4.69, 9.17) is 33.7 Å². The summed E-state index contributed by atoms with van der Waals surface area (Å²) in [6.45, 7) is 6.32. The maximum Gasteiger partial charge on any atom is 0.416 e. The molecule has 5 aromatic carbocycles. The second-order valence-electron chi connectivity index (χ2n) is 17.7. The average Bonchev–Trinajstić information content (AvgIpc) is 3.38. The van der Waals surface area contributed by atoms with Gasteiger partial charge >= 0.3 is 6.09 Å². The van der Waals surface area contributed by atoms with Crippen molar-refractivity contribution in [1.29, 1.82) is 0 Å². The van der Waals surface area contributed by atoms with Gasteiger partial charge in [0, 0.05) is 43.2 Å². The molecule has 1 amide bonds. The van der Waals surface area contributed by atoms with E-state index in [-0.39, 0.29) is 68.6 Å². The van der Waals surface area contributed by atoms with Crippen LogP contribution < -0.4 is 18.9 Å². The van der Waals surface area contributed by atoms with Crippen LogP contribution in [0.25, 0.3) is 10.8 Å². The Bertz CT molecular complexity index is 2730. The number of ether oxygens (including phenoxy) is 5. The maximum absolute atomic E-state index is 15.3. The second kappa shape index (κ2) is 22.6. The summed E-state index contributed by atoms with van der Waals surface area (Å²) in [7, 11) is 1.50. The lowest BCUT2D eigenvalue weighted by Crippen LogP contribution is -2.70. The van der Waals surface area contributed by atoms with Crippen molar-refractivity contribution in [3.05, 3.63) is 154 Å². The molecule has 0 spiro atoms. The van der Waals surface area contributed by atoms with E-state index < -0.39 is 28.8 Å². The van der Waals surface area contributed by atoms with Crippen molar-refractivity contribution in [1.82, 2.24) is 4.90 Å². The van der Waals surface area contributed by atoms with E-state index in [2.05, 4.69) is 12.7 Å². The van der Waals surface area contributed by atoms with Gasteiger partial charge in [-0.25, -0.2) is 4.79 Å². The van der Waals surface area contributed by atoms with E-state index in [1.54, 1.807) is 35.2 Å². The number of fused-ring (bicyclic) bond motifs is 3. The Hall–Kier alpha value is -7.07. The zero-order chi connectivity index (χ0) is 49.2. The minimum Gasteiger partial charge on any atom is -0.496 e. The molecule has 70 heavy (non-hydrogen) atoms. The molecule has 3 aliphatic rings. The molecule has 6 unspecified atom stereocenters. The van der Waals surface area contributed by atoms with Gasteiger partial charge in [0.15, 0.2) is 6.29 Å². The van der Waals surface area contributed by atoms with Crippen LogP contribution in [-0.2, 0) is 16.1 Å². The standard InChI is InChI=1S/C55H59N3O12/c1-4-29-66-55-51(57(34-38-16-12-15-36-13-6-7-17-44(36)38)54(62)69-41-21-19-40(20-22-41)58(63)64)33-48(56-67-5-2)46-31-37(14-8-10-27-59)45(18-9-11-28-60)52(53(46)55)47-32-43(24-26-50(47)70-55)68-42-23-25-49(65-3)39(30-42)35-61/h4,6-7,12-13,15-17,19-26,30-32,35,37,45,51-53,59-60H,1,5,8-11,14,18,27-29,33-34H2,2-3H3. The number of carbonyl (C=O) groups excluding carboxylic acids is 2. The normalized spacial score (nSPS) is 21.6. The summed E-state index contributed by atoms with van der Waals surface area (Å²) in [5.41, 5.74) is 3.28. The number of rotatable bonds is 22. The highest BCUT2D eigenvalue weighted by Gasteiger charge is 2.66. The van der Waals surface area contributed by atoms with Crippen LogP contribution in [0.2, 0.25) is 0 Å². The molecule has 2 aliphatic carbocycles. The molecule has 0 saturated heterocycles. The lowest BCUT2D eigenvalue weighted by atomic mass is 9.55. The van der Waals surface area contributed by atoms with Gasteiger partial charge in [-0.2, -0.15) is 0 Å². The van der Waals surface area contributed by atoms with Crippen LogP contribution in [-0.4, -0.2) is 83.5 Å². The van der Waals surface area contributed by atoms with E-state index in [0.29, 0.717) is 59.8 Å². The first-order valence-electron chi connectivity index (χ1n) is 23.9. The third-order valence-electron chi connectivity index (χ3n) is 13.6. The molecule has 366 valence electrons. The van der Waals surface area contributed by atoms with Gasteiger partial charge in [-0.1, -0.05) is 72.6 Å². The van der Waals surface area contributed by atoms with E-state index in [9.17, 15) is 25.1 Å². The third kappa shape index (κ3) is 10.3. The van der Waals surface area contributed by atoms with Crippen LogP contribution in [0.4, 0.5) is 10.5 Å². The molecule has 5 aromatic rings. The molecular formula is C55H59N3O12. The van der Waals surface area contributed by atoms with Gasteiger partial charge in [-0.3, -0.25) is 19.8 Å². The number of aldehydes is 1. The number of amides is 1. The highest BCUT2D eigenvalue weighted by Crippen LogP contribution is 2.62. The number of nitro benzene ring substituents is 1. The SMILES string of the molecule is C=CCOC12Oc3ccc(Oc4ccc(OC)c(C=O)c4)cc3C3C(CCCCO)C(CCCCO)C=C(C(=NOCC)CC1N(Cc1cccc4ccccc14)C(=O)Oc1ccc([N+](=O)[O-])cc1)C32. The van der Waals surface area contributed by atoms with E-state index >= 15 is 4.79 Å². The molecule has 1 heterocycles. The molecular weight excluding hydrogens is 895 g/mol. The number of unbranched alkanes of at least 4 members (excludes halogenated alkanes) is 2. The maximum atomic E-state index is 15.3. The second-order valence-corrected chi connectivity index (χ2v) is 17.7. The zero-order valence-electron chi connectivity index (χ0n) is 39.4. The van der Waals surface area contributed by atoms with Crippen molar-refractivity contribution in [2.24, 2.45) is 22.9 Å². The number of hydrogen-bond donors (Lipinski definition) is 2. The minimum absolute atomic E-state index is 0.0203. The number of nitro groups is 1. The quantitative estimate of drug-likeness (QED) is 0.0220. The van der Waals surface area contributed by atoms with E-state index in [1.165, 1.54) is 31.4 Å². The van der Waals surface area contributed by atoms with Gasteiger partial charge in [-0.05, 0) is 115 Å². The van der Waals surface area contributed by atoms with E-state index in [1.807, 2.05) is 61.5 Å².